The van der Waals surface area contributed by atoms with Crippen molar-refractivity contribution in [2.45, 2.75) is 19.9 Å². The first-order valence-corrected chi connectivity index (χ1v) is 9.50. The molecule has 0 radical (unpaired) electrons. The molecule has 0 spiro atoms. The summed E-state index contributed by atoms with van der Waals surface area (Å²) in [5.41, 5.74) is 3.32. The summed E-state index contributed by atoms with van der Waals surface area (Å²) in [5, 5.41) is 14.2. The standard InChI is InChI=1S/C21H21Cl2N3O/c1-13(2)18(12-27)25-19-11-24-20(14-3-7-16(22)8-4-14)21(26-19)15-5-9-17(23)10-6-15/h3-11,13,18,27H,12H2,1-2H3,(H,25,26)/t18-/m1/s1. The van der Waals surface area contributed by atoms with Gasteiger partial charge in [-0.3, -0.25) is 4.98 Å². The molecular weight excluding hydrogens is 381 g/mol. The Balaban J connectivity index is 2.07. The van der Waals surface area contributed by atoms with Crippen LogP contribution in [0, 0.1) is 5.92 Å². The summed E-state index contributed by atoms with van der Waals surface area (Å²) < 4.78 is 0. The Morgan fingerprint density at radius 1 is 0.889 bits per heavy atom. The van der Waals surface area contributed by atoms with Crippen molar-refractivity contribution in [1.29, 1.82) is 0 Å². The van der Waals surface area contributed by atoms with Crippen molar-refractivity contribution in [3.8, 4) is 22.5 Å². The molecule has 1 atom stereocenters. The highest BCUT2D eigenvalue weighted by Crippen LogP contribution is 2.31. The number of anilines is 1. The Morgan fingerprint density at radius 2 is 1.41 bits per heavy atom. The summed E-state index contributed by atoms with van der Waals surface area (Å²) in [7, 11) is 0. The van der Waals surface area contributed by atoms with Gasteiger partial charge in [0.1, 0.15) is 5.82 Å². The third-order valence-electron chi connectivity index (χ3n) is 4.34. The van der Waals surface area contributed by atoms with E-state index in [-0.39, 0.29) is 18.6 Å². The van der Waals surface area contributed by atoms with E-state index in [1.807, 2.05) is 62.4 Å². The maximum Gasteiger partial charge on any atom is 0.145 e. The number of halogens is 2. The van der Waals surface area contributed by atoms with Crippen molar-refractivity contribution >= 4 is 29.0 Å². The Kier molecular flexibility index (Phi) is 6.32. The molecule has 0 bridgehead atoms. The molecule has 2 aromatic carbocycles. The van der Waals surface area contributed by atoms with E-state index < -0.39 is 0 Å². The number of rotatable bonds is 6. The maximum absolute atomic E-state index is 9.60. The van der Waals surface area contributed by atoms with E-state index in [0.29, 0.717) is 15.9 Å². The predicted molar refractivity (Wildman–Crippen MR) is 112 cm³/mol. The lowest BCUT2D eigenvalue weighted by Gasteiger charge is -2.21. The van der Waals surface area contributed by atoms with Crippen LogP contribution in [0.15, 0.2) is 54.7 Å². The maximum atomic E-state index is 9.60. The van der Waals surface area contributed by atoms with Gasteiger partial charge in [0.2, 0.25) is 0 Å². The molecule has 1 heterocycles. The highest BCUT2D eigenvalue weighted by molar-refractivity contribution is 6.31. The van der Waals surface area contributed by atoms with Crippen molar-refractivity contribution in [3.63, 3.8) is 0 Å². The average molecular weight is 402 g/mol. The molecule has 2 N–H and O–H groups in total. The summed E-state index contributed by atoms with van der Waals surface area (Å²) >= 11 is 12.1. The number of hydrogen-bond donors (Lipinski definition) is 2. The Labute approximate surface area is 169 Å². The Bertz CT molecular complexity index is 896. The van der Waals surface area contributed by atoms with E-state index in [1.54, 1.807) is 6.20 Å². The highest BCUT2D eigenvalue weighted by atomic mass is 35.5. The number of nitrogens with zero attached hydrogens (tertiary/aromatic N) is 2. The first kappa shape index (κ1) is 19.6. The molecule has 140 valence electrons. The molecule has 1 aromatic heterocycles. The topological polar surface area (TPSA) is 58.0 Å². The van der Waals surface area contributed by atoms with Crippen LogP contribution in [0.25, 0.3) is 22.5 Å². The van der Waals surface area contributed by atoms with E-state index in [1.165, 1.54) is 0 Å². The lowest BCUT2D eigenvalue weighted by atomic mass is 10.0. The number of hydrogen-bond acceptors (Lipinski definition) is 4. The first-order chi connectivity index (χ1) is 13.0. The van der Waals surface area contributed by atoms with E-state index >= 15 is 0 Å². The van der Waals surface area contributed by atoms with E-state index in [9.17, 15) is 5.11 Å². The number of aromatic nitrogens is 2. The van der Waals surface area contributed by atoms with Gasteiger partial charge in [0.15, 0.2) is 0 Å². The van der Waals surface area contributed by atoms with Crippen LogP contribution in [0.5, 0.6) is 0 Å². The molecule has 0 saturated carbocycles. The summed E-state index contributed by atoms with van der Waals surface area (Å²) in [6.07, 6.45) is 1.69. The van der Waals surface area contributed by atoms with Gasteiger partial charge in [0.25, 0.3) is 0 Å². The van der Waals surface area contributed by atoms with Gasteiger partial charge in [-0.1, -0.05) is 61.3 Å². The fourth-order valence-electron chi connectivity index (χ4n) is 2.70. The largest absolute Gasteiger partial charge is 0.394 e. The minimum Gasteiger partial charge on any atom is -0.394 e. The van der Waals surface area contributed by atoms with Crippen molar-refractivity contribution in [1.82, 2.24) is 9.97 Å². The van der Waals surface area contributed by atoms with Gasteiger partial charge in [-0.2, -0.15) is 0 Å². The molecule has 0 unspecified atom stereocenters. The second-order valence-corrected chi connectivity index (χ2v) is 7.52. The molecule has 27 heavy (non-hydrogen) atoms. The second-order valence-electron chi connectivity index (χ2n) is 6.64. The van der Waals surface area contributed by atoms with Crippen LogP contribution >= 0.6 is 23.2 Å². The van der Waals surface area contributed by atoms with E-state index in [4.69, 9.17) is 28.2 Å². The first-order valence-electron chi connectivity index (χ1n) is 8.74. The zero-order valence-corrected chi connectivity index (χ0v) is 16.7. The summed E-state index contributed by atoms with van der Waals surface area (Å²) in [6.45, 7) is 4.11. The molecular formula is C21H21Cl2N3O. The predicted octanol–water partition coefficient (Wildman–Crippen LogP) is 5.55. The molecule has 0 amide bonds. The zero-order chi connectivity index (χ0) is 19.4. The van der Waals surface area contributed by atoms with Gasteiger partial charge < -0.3 is 10.4 Å². The van der Waals surface area contributed by atoms with Crippen molar-refractivity contribution in [3.05, 3.63) is 64.8 Å². The van der Waals surface area contributed by atoms with Crippen molar-refractivity contribution < 1.29 is 5.11 Å². The normalized spacial score (nSPS) is 12.2. The fraction of sp³-hybridized carbons (Fsp3) is 0.238. The summed E-state index contributed by atoms with van der Waals surface area (Å²) in [4.78, 5) is 9.42. The lowest BCUT2D eigenvalue weighted by Crippen LogP contribution is -2.30. The van der Waals surface area contributed by atoms with Gasteiger partial charge in [-0.15, -0.1) is 0 Å². The summed E-state index contributed by atoms with van der Waals surface area (Å²) in [5.74, 6) is 0.872. The monoisotopic (exact) mass is 401 g/mol. The van der Waals surface area contributed by atoms with E-state index in [0.717, 1.165) is 22.5 Å². The molecule has 4 nitrogen and oxygen atoms in total. The third-order valence-corrected chi connectivity index (χ3v) is 4.85. The number of aliphatic hydroxyl groups excluding tert-OH is 1. The minimum absolute atomic E-state index is 0.0224. The molecule has 3 aromatic rings. The number of benzene rings is 2. The lowest BCUT2D eigenvalue weighted by molar-refractivity contribution is 0.249. The van der Waals surface area contributed by atoms with Crippen molar-refractivity contribution in [2.75, 3.05) is 11.9 Å². The molecule has 3 rings (SSSR count). The van der Waals surface area contributed by atoms with Crippen molar-refractivity contribution in [2.24, 2.45) is 5.92 Å². The molecule has 6 heteroatoms. The molecule has 0 saturated heterocycles. The number of aliphatic hydroxyl groups is 1. The van der Waals surface area contributed by atoms with Crippen LogP contribution in [0.1, 0.15) is 13.8 Å². The van der Waals surface area contributed by atoms with Crippen LogP contribution in [-0.4, -0.2) is 27.7 Å². The Hall–Kier alpha value is -2.14. The second kappa shape index (κ2) is 8.70. The molecule has 0 aliphatic rings. The quantitative estimate of drug-likeness (QED) is 0.568. The summed E-state index contributed by atoms with van der Waals surface area (Å²) in [6, 6.07) is 14.9. The molecule has 0 fully saturated rings. The molecule has 0 aliphatic carbocycles. The zero-order valence-electron chi connectivity index (χ0n) is 15.2. The van der Waals surface area contributed by atoms with Gasteiger partial charge >= 0.3 is 0 Å². The smallest absolute Gasteiger partial charge is 0.145 e. The molecule has 0 aliphatic heterocycles. The highest BCUT2D eigenvalue weighted by Gasteiger charge is 2.16. The van der Waals surface area contributed by atoms with Crippen LogP contribution in [-0.2, 0) is 0 Å². The van der Waals surface area contributed by atoms with Gasteiger partial charge in [-0.05, 0) is 30.2 Å². The van der Waals surface area contributed by atoms with Gasteiger partial charge in [0.05, 0.1) is 30.2 Å². The Morgan fingerprint density at radius 3 is 1.89 bits per heavy atom. The van der Waals surface area contributed by atoms with Gasteiger partial charge in [0, 0.05) is 21.2 Å². The SMILES string of the molecule is CC(C)[C@@H](CO)Nc1cnc(-c2ccc(Cl)cc2)c(-c2ccc(Cl)cc2)n1. The fourth-order valence-corrected chi connectivity index (χ4v) is 2.95. The minimum atomic E-state index is -0.0984. The number of nitrogens with one attached hydrogen (secondary N) is 1. The average Bonchev–Trinajstić information content (AvgIpc) is 2.67. The van der Waals surface area contributed by atoms with Crippen LogP contribution < -0.4 is 5.32 Å². The third kappa shape index (κ3) is 4.78. The van der Waals surface area contributed by atoms with E-state index in [2.05, 4.69) is 10.3 Å². The van der Waals surface area contributed by atoms with Crippen LogP contribution in [0.2, 0.25) is 10.0 Å². The van der Waals surface area contributed by atoms with Gasteiger partial charge in [-0.25, -0.2) is 4.98 Å². The van der Waals surface area contributed by atoms with Crippen LogP contribution in [0.4, 0.5) is 5.82 Å². The van der Waals surface area contributed by atoms with Crippen LogP contribution in [0.3, 0.4) is 0 Å².